The summed E-state index contributed by atoms with van der Waals surface area (Å²) in [5.74, 6) is -0.816. The number of rotatable bonds is 10. The molecule has 4 heterocycles. The van der Waals surface area contributed by atoms with Gasteiger partial charge in [0.2, 0.25) is 17.7 Å². The summed E-state index contributed by atoms with van der Waals surface area (Å²) in [6.07, 6.45) is 0.833. The van der Waals surface area contributed by atoms with E-state index in [0.717, 1.165) is 43.4 Å². The van der Waals surface area contributed by atoms with Crippen LogP contribution in [-0.2, 0) is 23.9 Å². The predicted octanol–water partition coefficient (Wildman–Crippen LogP) is 4.33. The maximum atomic E-state index is 16.0. The Morgan fingerprint density at radius 3 is 2.31 bits per heavy atom. The van der Waals surface area contributed by atoms with E-state index in [2.05, 4.69) is 15.5 Å². The predicted molar refractivity (Wildman–Crippen MR) is 167 cm³/mol. The molecule has 3 atom stereocenters. The van der Waals surface area contributed by atoms with Gasteiger partial charge in [0.05, 0.1) is 37.5 Å². The number of carbonyl (C=O) groups excluding carboxylic acids is 3. The molecule has 3 saturated carbocycles. The fraction of sp³-hybridized carbons (Fsp3) is 0.743. The number of anilines is 1. The molecule has 0 bridgehead atoms. The fourth-order valence-corrected chi connectivity index (χ4v) is 8.41. The summed E-state index contributed by atoms with van der Waals surface area (Å²) in [4.78, 5) is 43.5. The highest BCUT2D eigenvalue weighted by Gasteiger charge is 2.52. The lowest BCUT2D eigenvalue weighted by molar-refractivity contribution is -0.238. The quantitative estimate of drug-likeness (QED) is 0.352. The maximum absolute atomic E-state index is 16.0. The largest absolute Gasteiger partial charge is 0.487 e. The zero-order valence-corrected chi connectivity index (χ0v) is 27.4. The second-order valence-electron chi connectivity index (χ2n) is 15.4. The number of alkyl halides is 3. The Morgan fingerprint density at radius 2 is 1.71 bits per heavy atom. The van der Waals surface area contributed by atoms with Gasteiger partial charge in [0, 0.05) is 37.6 Å². The minimum Gasteiger partial charge on any atom is -0.487 e. The Hall–Kier alpha value is -2.97. The van der Waals surface area contributed by atoms with E-state index in [0.29, 0.717) is 69.4 Å². The van der Waals surface area contributed by atoms with Gasteiger partial charge in [0.25, 0.3) is 0 Å². The Bertz CT molecular complexity index is 1460. The Labute approximate surface area is 282 Å². The summed E-state index contributed by atoms with van der Waals surface area (Å²) in [5, 5.41) is 5.77. The lowest BCUT2D eigenvalue weighted by atomic mass is 9.79. The van der Waals surface area contributed by atoms with Gasteiger partial charge in [-0.3, -0.25) is 19.3 Å². The van der Waals surface area contributed by atoms with E-state index in [-0.39, 0.29) is 35.2 Å². The number of carbonyl (C=O) groups is 3. The summed E-state index contributed by atoms with van der Waals surface area (Å²) in [6.45, 7) is 1.21. The minimum absolute atomic E-state index is 0.0205. The third-order valence-corrected chi connectivity index (χ3v) is 11.8. The third kappa shape index (κ3) is 7.01. The van der Waals surface area contributed by atoms with Crippen LogP contribution in [0.2, 0.25) is 0 Å². The first-order valence-corrected chi connectivity index (χ1v) is 17.9. The van der Waals surface area contributed by atoms with Crippen LogP contribution < -0.4 is 15.4 Å². The van der Waals surface area contributed by atoms with Crippen LogP contribution in [0.4, 0.5) is 23.2 Å². The number of benzene rings is 1. The van der Waals surface area contributed by atoms with Crippen LogP contribution in [0.15, 0.2) is 12.1 Å². The molecule has 1 aromatic rings. The lowest BCUT2D eigenvalue weighted by Crippen LogP contribution is -2.59. The maximum Gasteiger partial charge on any atom is 0.416 e. The molecule has 4 aliphatic heterocycles. The van der Waals surface area contributed by atoms with Gasteiger partial charge in [-0.15, -0.1) is 0 Å². The zero-order valence-electron chi connectivity index (χ0n) is 27.4. The van der Waals surface area contributed by atoms with Crippen LogP contribution in [0.1, 0.15) is 75.8 Å². The molecular weight excluding hydrogens is 648 g/mol. The van der Waals surface area contributed by atoms with Gasteiger partial charge in [-0.2, -0.15) is 13.2 Å². The molecule has 7 aliphatic rings. The van der Waals surface area contributed by atoms with Gasteiger partial charge in [-0.05, 0) is 81.1 Å². The highest BCUT2D eigenvalue weighted by atomic mass is 19.4. The molecule has 3 amide bonds. The molecule has 0 radical (unpaired) electrons. The number of likely N-dealkylation sites (tertiary alicyclic amines) is 1. The minimum atomic E-state index is -4.68. The molecule has 8 rings (SSSR count). The van der Waals surface area contributed by atoms with Gasteiger partial charge in [-0.25, -0.2) is 4.39 Å². The number of fused-ring (bicyclic) bond motifs is 1. The smallest absolute Gasteiger partial charge is 0.416 e. The van der Waals surface area contributed by atoms with E-state index in [9.17, 15) is 27.6 Å². The van der Waals surface area contributed by atoms with Crippen LogP contribution in [-0.4, -0.2) is 96.9 Å². The van der Waals surface area contributed by atoms with Gasteiger partial charge >= 0.3 is 6.18 Å². The second-order valence-corrected chi connectivity index (χ2v) is 15.4. The van der Waals surface area contributed by atoms with Crippen LogP contribution in [0.5, 0.6) is 5.75 Å². The van der Waals surface area contributed by atoms with Crippen molar-refractivity contribution in [1.29, 1.82) is 0 Å². The van der Waals surface area contributed by atoms with Crippen LogP contribution in [0.25, 0.3) is 0 Å². The van der Waals surface area contributed by atoms with Crippen molar-refractivity contribution < 1.29 is 46.2 Å². The van der Waals surface area contributed by atoms with Gasteiger partial charge < -0.3 is 29.7 Å². The van der Waals surface area contributed by atoms with E-state index in [1.54, 1.807) is 0 Å². The molecule has 49 heavy (non-hydrogen) atoms. The summed E-state index contributed by atoms with van der Waals surface area (Å²) in [6, 6.07) is 1.20. The van der Waals surface area contributed by atoms with Crippen molar-refractivity contribution >= 4 is 23.4 Å². The van der Waals surface area contributed by atoms with E-state index in [4.69, 9.17) is 14.2 Å². The highest BCUT2D eigenvalue weighted by Crippen LogP contribution is 2.52. The number of amides is 3. The number of hydrogen-bond acceptors (Lipinski definition) is 7. The number of nitrogens with zero attached hydrogens (tertiary/aromatic N) is 2. The van der Waals surface area contributed by atoms with Crippen molar-refractivity contribution in [2.75, 3.05) is 44.8 Å². The van der Waals surface area contributed by atoms with E-state index in [1.165, 1.54) is 12.1 Å². The standard InChI is InChI=1S/C35H44F4N4O6/c36-24-12-23-26(43-15-28(35(37,38)39)48-18-30(43)45)14-34(7-9-42(10-8-34)22-16-47-17-22)49-27(23)13-25(24)40-33(46)32(41-29(44)11-19-1-2-19)31(20-3-4-20)21-5-6-21/h12-13,19-22,26,28,31-32H,1-11,14-18H2,(H,40,46)(H,41,44)/t26?,28?,32-/m0/s1. The van der Waals surface area contributed by atoms with Gasteiger partial charge in [0.15, 0.2) is 6.10 Å². The Morgan fingerprint density at radius 1 is 1.02 bits per heavy atom. The summed E-state index contributed by atoms with van der Waals surface area (Å²) >= 11 is 0. The van der Waals surface area contributed by atoms with E-state index < -0.39 is 60.7 Å². The number of nitrogens with one attached hydrogen (secondary N) is 2. The highest BCUT2D eigenvalue weighted by molar-refractivity contribution is 5.98. The van der Waals surface area contributed by atoms with E-state index in [1.807, 2.05) is 0 Å². The molecule has 10 nitrogen and oxygen atoms in total. The van der Waals surface area contributed by atoms with Crippen molar-refractivity contribution in [3.8, 4) is 5.75 Å². The number of hydrogen-bond donors (Lipinski definition) is 2. The summed E-state index contributed by atoms with van der Waals surface area (Å²) in [5.41, 5.74) is -0.681. The first-order chi connectivity index (χ1) is 23.5. The number of halogens is 4. The fourth-order valence-electron chi connectivity index (χ4n) is 8.41. The Balaban J connectivity index is 1.08. The SMILES string of the molecule is O=C(CC1CC1)N[C@H](C(=O)Nc1cc2c(cc1F)C(N1CC(C(F)(F)F)OCC1=O)CC1(CCN(C3COC3)CC1)O2)C(C1CC1)C1CC1. The van der Waals surface area contributed by atoms with Crippen molar-refractivity contribution in [3.63, 3.8) is 0 Å². The second kappa shape index (κ2) is 12.7. The van der Waals surface area contributed by atoms with Crippen molar-refractivity contribution in [1.82, 2.24) is 15.1 Å². The first kappa shape index (κ1) is 33.2. The average Bonchev–Trinajstić information content (AvgIpc) is 3.86. The normalized spacial score (nSPS) is 28.1. The number of piperidine rings is 1. The van der Waals surface area contributed by atoms with Crippen LogP contribution in [0.3, 0.4) is 0 Å². The van der Waals surface area contributed by atoms with Crippen LogP contribution >= 0.6 is 0 Å². The lowest BCUT2D eigenvalue weighted by Gasteiger charge is -2.51. The summed E-state index contributed by atoms with van der Waals surface area (Å²) in [7, 11) is 0. The Kier molecular flexibility index (Phi) is 8.58. The molecular formula is C35H44F4N4O6. The monoisotopic (exact) mass is 692 g/mol. The molecule has 3 aliphatic carbocycles. The molecule has 2 unspecified atom stereocenters. The first-order valence-electron chi connectivity index (χ1n) is 17.9. The van der Waals surface area contributed by atoms with Gasteiger partial charge in [-0.1, -0.05) is 0 Å². The molecule has 1 spiro atoms. The van der Waals surface area contributed by atoms with Crippen molar-refractivity contribution in [2.45, 2.75) is 100 Å². The number of morpholine rings is 1. The molecule has 3 saturated heterocycles. The average molecular weight is 693 g/mol. The summed E-state index contributed by atoms with van der Waals surface area (Å²) < 4.78 is 74.3. The topological polar surface area (TPSA) is 109 Å². The molecule has 2 N–H and O–H groups in total. The zero-order chi connectivity index (χ0) is 34.1. The van der Waals surface area contributed by atoms with Crippen molar-refractivity contribution in [2.24, 2.45) is 23.7 Å². The number of ether oxygens (including phenoxy) is 3. The van der Waals surface area contributed by atoms with E-state index >= 15 is 4.39 Å². The van der Waals surface area contributed by atoms with Gasteiger partial charge in [0.1, 0.15) is 29.8 Å². The molecule has 14 heteroatoms. The third-order valence-electron chi connectivity index (χ3n) is 11.8. The molecule has 6 fully saturated rings. The molecule has 0 aromatic heterocycles. The van der Waals surface area contributed by atoms with Crippen LogP contribution in [0, 0.1) is 29.5 Å². The van der Waals surface area contributed by atoms with Crippen molar-refractivity contribution in [3.05, 3.63) is 23.5 Å². The molecule has 1 aromatic carbocycles. The molecule has 268 valence electrons.